The van der Waals surface area contributed by atoms with Crippen LogP contribution in [0.4, 0.5) is 0 Å². The lowest BCUT2D eigenvalue weighted by molar-refractivity contribution is 0.0674. The van der Waals surface area contributed by atoms with Gasteiger partial charge in [0.05, 0.1) is 17.7 Å². The van der Waals surface area contributed by atoms with Crippen LogP contribution >= 0.6 is 0 Å². The monoisotopic (exact) mass is 407 g/mol. The van der Waals surface area contributed by atoms with Crippen molar-refractivity contribution in [2.75, 3.05) is 26.7 Å². The molecule has 1 aromatic carbocycles. The fraction of sp³-hybridized carbons (Fsp3) is 0.474. The van der Waals surface area contributed by atoms with Gasteiger partial charge in [0.1, 0.15) is 17.1 Å². The molecule has 1 aliphatic rings. The normalized spacial score (nSPS) is 17.5. The van der Waals surface area contributed by atoms with E-state index in [0.29, 0.717) is 35.9 Å². The van der Waals surface area contributed by atoms with Crippen LogP contribution in [0.2, 0.25) is 0 Å². The number of benzene rings is 1. The number of sulfonamides is 1. The molecule has 1 fully saturated rings. The average molecular weight is 407 g/mol. The van der Waals surface area contributed by atoms with Crippen LogP contribution in [0.1, 0.15) is 34.7 Å². The van der Waals surface area contributed by atoms with Crippen molar-refractivity contribution in [3.8, 4) is 5.75 Å². The van der Waals surface area contributed by atoms with Crippen molar-refractivity contribution >= 4 is 15.9 Å². The van der Waals surface area contributed by atoms with Crippen molar-refractivity contribution in [2.24, 2.45) is 5.92 Å². The number of carbonyl (C=O) groups is 1. The summed E-state index contributed by atoms with van der Waals surface area (Å²) in [6, 6.07) is 6.24. The highest BCUT2D eigenvalue weighted by Crippen LogP contribution is 2.22. The predicted molar refractivity (Wildman–Crippen MR) is 103 cm³/mol. The second-order valence-corrected chi connectivity index (χ2v) is 8.75. The average Bonchev–Trinajstić information content (AvgIpc) is 3.04. The van der Waals surface area contributed by atoms with Gasteiger partial charge in [0.15, 0.2) is 0 Å². The first-order valence-electron chi connectivity index (χ1n) is 9.17. The quantitative estimate of drug-likeness (QED) is 0.787. The summed E-state index contributed by atoms with van der Waals surface area (Å²) in [5.41, 5.74) is 1.07. The van der Waals surface area contributed by atoms with E-state index >= 15 is 0 Å². The molecule has 152 valence electrons. The van der Waals surface area contributed by atoms with Gasteiger partial charge in [-0.05, 0) is 56.9 Å². The zero-order valence-corrected chi connectivity index (χ0v) is 17.1. The zero-order valence-electron chi connectivity index (χ0n) is 16.3. The van der Waals surface area contributed by atoms with Crippen LogP contribution in [0.3, 0.4) is 0 Å². The number of nitrogens with one attached hydrogen (secondary N) is 1. The van der Waals surface area contributed by atoms with E-state index in [1.807, 2.05) is 0 Å². The fourth-order valence-electron chi connectivity index (χ4n) is 3.43. The molecule has 28 heavy (non-hydrogen) atoms. The predicted octanol–water partition coefficient (Wildman–Crippen LogP) is 2.13. The Morgan fingerprint density at radius 3 is 2.64 bits per heavy atom. The van der Waals surface area contributed by atoms with Crippen molar-refractivity contribution in [3.05, 3.63) is 41.3 Å². The molecule has 0 radical (unpaired) electrons. The lowest BCUT2D eigenvalue weighted by Crippen LogP contribution is -2.44. The molecule has 1 aliphatic heterocycles. The maximum atomic E-state index is 12.8. The number of hydrogen-bond donors (Lipinski definition) is 1. The van der Waals surface area contributed by atoms with Crippen molar-refractivity contribution in [2.45, 2.75) is 31.6 Å². The molecule has 1 N–H and O–H groups in total. The highest BCUT2D eigenvalue weighted by molar-refractivity contribution is 7.89. The summed E-state index contributed by atoms with van der Waals surface area (Å²) in [5, 5.41) is 3.84. The number of aromatic nitrogens is 1. The highest BCUT2D eigenvalue weighted by atomic mass is 32.2. The minimum Gasteiger partial charge on any atom is -0.497 e. The van der Waals surface area contributed by atoms with Gasteiger partial charge in [-0.3, -0.25) is 4.79 Å². The molecule has 1 aromatic heterocycles. The molecule has 8 nitrogen and oxygen atoms in total. The molecule has 0 unspecified atom stereocenters. The summed E-state index contributed by atoms with van der Waals surface area (Å²) in [6.07, 6.45) is 1.68. The third-order valence-corrected chi connectivity index (χ3v) is 6.42. The number of carbonyl (C=O) groups excluding carboxylic acids is 1. The Balaban J connectivity index is 1.62. The van der Waals surface area contributed by atoms with Crippen molar-refractivity contribution in [1.29, 1.82) is 0 Å². The summed E-state index contributed by atoms with van der Waals surface area (Å²) in [5.74, 6) is 1.04. The van der Waals surface area contributed by atoms with Gasteiger partial charge in [-0.1, -0.05) is 5.16 Å². The summed E-state index contributed by atoms with van der Waals surface area (Å²) in [6.45, 7) is 4.88. The molecule has 9 heteroatoms. The number of ether oxygens (including phenoxy) is 1. The number of nitrogens with zero attached hydrogens (tertiary/aromatic N) is 2. The van der Waals surface area contributed by atoms with Gasteiger partial charge in [-0.25, -0.2) is 13.1 Å². The number of methoxy groups -OCH3 is 1. The van der Waals surface area contributed by atoms with E-state index in [1.165, 1.54) is 19.2 Å². The number of rotatable bonds is 6. The lowest BCUT2D eigenvalue weighted by Gasteiger charge is -2.32. The van der Waals surface area contributed by atoms with E-state index in [1.54, 1.807) is 30.9 Å². The SMILES string of the molecule is COc1ccc(S(=O)(=O)NC[C@@H]2CCCN(C(=O)c3c(C)noc3C)C2)cc1. The number of amides is 1. The molecule has 1 amide bonds. The summed E-state index contributed by atoms with van der Waals surface area (Å²) < 4.78 is 37.8. The van der Waals surface area contributed by atoms with Crippen molar-refractivity contribution in [3.63, 3.8) is 0 Å². The first kappa shape index (κ1) is 20.3. The van der Waals surface area contributed by atoms with Crippen molar-refractivity contribution < 1.29 is 22.5 Å². The van der Waals surface area contributed by atoms with E-state index in [-0.39, 0.29) is 23.3 Å². The first-order valence-corrected chi connectivity index (χ1v) is 10.7. The van der Waals surface area contributed by atoms with Crippen LogP contribution in [0, 0.1) is 19.8 Å². The molecule has 1 saturated heterocycles. The van der Waals surface area contributed by atoms with E-state index in [9.17, 15) is 13.2 Å². The topological polar surface area (TPSA) is 102 Å². The van der Waals surface area contributed by atoms with Crippen LogP contribution in [-0.4, -0.2) is 51.1 Å². The number of aryl methyl sites for hydroxylation is 2. The molecule has 0 bridgehead atoms. The van der Waals surface area contributed by atoms with E-state index in [0.717, 1.165) is 12.8 Å². The Morgan fingerprint density at radius 1 is 1.32 bits per heavy atom. The van der Waals surface area contributed by atoms with Crippen LogP contribution < -0.4 is 9.46 Å². The third kappa shape index (κ3) is 4.36. The van der Waals surface area contributed by atoms with E-state index < -0.39 is 10.0 Å². The molecule has 2 aromatic rings. The maximum absolute atomic E-state index is 12.8. The Bertz CT molecular complexity index is 917. The van der Waals surface area contributed by atoms with Gasteiger partial charge in [0, 0.05) is 19.6 Å². The minimum atomic E-state index is -3.61. The second kappa shape index (κ2) is 8.32. The van der Waals surface area contributed by atoms with Gasteiger partial charge in [0.25, 0.3) is 5.91 Å². The molecular weight excluding hydrogens is 382 g/mol. The molecule has 3 rings (SSSR count). The summed E-state index contributed by atoms with van der Waals surface area (Å²) in [7, 11) is -2.08. The molecule has 1 atom stereocenters. The smallest absolute Gasteiger partial charge is 0.259 e. The van der Waals surface area contributed by atoms with Gasteiger partial charge in [-0.15, -0.1) is 0 Å². The summed E-state index contributed by atoms with van der Waals surface area (Å²) in [4.78, 5) is 14.7. The van der Waals surface area contributed by atoms with Gasteiger partial charge >= 0.3 is 0 Å². The van der Waals surface area contributed by atoms with Crippen LogP contribution in [0.5, 0.6) is 5.75 Å². The van der Waals surface area contributed by atoms with E-state index in [2.05, 4.69) is 9.88 Å². The van der Waals surface area contributed by atoms with Crippen molar-refractivity contribution in [1.82, 2.24) is 14.8 Å². The zero-order chi connectivity index (χ0) is 20.3. The van der Waals surface area contributed by atoms with E-state index in [4.69, 9.17) is 9.26 Å². The Hall–Kier alpha value is -2.39. The largest absolute Gasteiger partial charge is 0.497 e. The number of likely N-dealkylation sites (tertiary alicyclic amines) is 1. The standard InChI is InChI=1S/C19H25N3O5S/c1-13-18(14(2)27-21-13)19(23)22-10-4-5-15(12-22)11-20-28(24,25)17-8-6-16(26-3)7-9-17/h6-9,15,20H,4-5,10-12H2,1-3H3/t15-/m0/s1. The first-order chi connectivity index (χ1) is 13.3. The maximum Gasteiger partial charge on any atom is 0.259 e. The minimum absolute atomic E-state index is 0.0474. The van der Waals surface area contributed by atoms with Crippen LogP contribution in [0.15, 0.2) is 33.7 Å². The molecule has 0 aliphatic carbocycles. The van der Waals surface area contributed by atoms with Crippen LogP contribution in [-0.2, 0) is 10.0 Å². The second-order valence-electron chi connectivity index (χ2n) is 6.99. The highest BCUT2D eigenvalue weighted by Gasteiger charge is 2.29. The Labute approximate surface area is 164 Å². The molecular formula is C19H25N3O5S. The van der Waals surface area contributed by atoms with Gasteiger partial charge < -0.3 is 14.2 Å². The van der Waals surface area contributed by atoms with Crippen LogP contribution in [0.25, 0.3) is 0 Å². The number of piperidine rings is 1. The third-order valence-electron chi connectivity index (χ3n) is 4.99. The molecule has 2 heterocycles. The van der Waals surface area contributed by atoms with Gasteiger partial charge in [0.2, 0.25) is 10.0 Å². The Morgan fingerprint density at radius 2 is 2.04 bits per heavy atom. The number of hydrogen-bond acceptors (Lipinski definition) is 6. The summed E-state index contributed by atoms with van der Waals surface area (Å²) >= 11 is 0. The van der Waals surface area contributed by atoms with Gasteiger partial charge in [-0.2, -0.15) is 0 Å². The lowest BCUT2D eigenvalue weighted by atomic mass is 9.97. The Kier molecular flexibility index (Phi) is 6.04. The molecule has 0 saturated carbocycles. The fourth-order valence-corrected chi connectivity index (χ4v) is 4.54. The molecule has 0 spiro atoms.